The van der Waals surface area contributed by atoms with E-state index in [1.807, 2.05) is 72.8 Å². The molecule has 0 aliphatic carbocycles. The third kappa shape index (κ3) is 6.27. The second-order valence-electron chi connectivity index (χ2n) is 5.87. The minimum Gasteiger partial charge on any atom is -0.291 e. The highest BCUT2D eigenvalue weighted by molar-refractivity contribution is 5.94. The Hall–Kier alpha value is -2.87. The number of hydrogen-bond donors (Lipinski definition) is 0. The van der Waals surface area contributed by atoms with Crippen LogP contribution in [0.1, 0.15) is 37.3 Å². The van der Waals surface area contributed by atoms with E-state index in [9.17, 15) is 4.79 Å². The van der Waals surface area contributed by atoms with Gasteiger partial charge in [-0.15, -0.1) is 0 Å². The lowest BCUT2D eigenvalue weighted by Gasteiger charge is -2.15. The van der Waals surface area contributed by atoms with Gasteiger partial charge in [-0.2, -0.15) is 0 Å². The molecule has 2 aromatic carbocycles. The number of carbonyl (C=O) groups is 1. The van der Waals surface area contributed by atoms with Crippen molar-refractivity contribution in [3.05, 3.63) is 96.3 Å². The van der Waals surface area contributed by atoms with Crippen molar-refractivity contribution in [2.24, 2.45) is 0 Å². The molecule has 0 heterocycles. The van der Waals surface area contributed by atoms with Gasteiger partial charge in [0.25, 0.3) is 5.91 Å². The molecular weight excluding hydrogens is 306 g/mol. The molecule has 0 N–H and O–H groups in total. The summed E-state index contributed by atoms with van der Waals surface area (Å²) in [4.78, 5) is 14.3. The molecule has 25 heavy (non-hydrogen) atoms. The summed E-state index contributed by atoms with van der Waals surface area (Å²) >= 11 is 0. The van der Waals surface area contributed by atoms with E-state index in [-0.39, 0.29) is 5.91 Å². The highest BCUT2D eigenvalue weighted by Gasteiger charge is 2.12. The summed E-state index contributed by atoms with van der Waals surface area (Å²) in [6, 6.07) is 19.9. The maximum absolute atomic E-state index is 12.7. The van der Waals surface area contributed by atoms with Crippen LogP contribution in [0.2, 0.25) is 0 Å². The molecule has 0 atom stereocenters. The Morgan fingerprint density at radius 3 is 1.84 bits per heavy atom. The molecule has 2 aromatic rings. The summed E-state index contributed by atoms with van der Waals surface area (Å²) in [5, 5.41) is 0. The maximum atomic E-state index is 12.7. The van der Waals surface area contributed by atoms with Crippen molar-refractivity contribution in [2.45, 2.75) is 26.2 Å². The van der Waals surface area contributed by atoms with Gasteiger partial charge in [-0.1, -0.05) is 80.6 Å². The molecule has 0 unspecified atom stereocenters. The van der Waals surface area contributed by atoms with E-state index < -0.39 is 0 Å². The Kier molecular flexibility index (Phi) is 7.45. The van der Waals surface area contributed by atoms with Crippen molar-refractivity contribution in [3.63, 3.8) is 0 Å². The van der Waals surface area contributed by atoms with Crippen molar-refractivity contribution in [1.29, 1.82) is 0 Å². The first kappa shape index (κ1) is 18.5. The number of unbranched alkanes of at least 4 members (excludes halogenated alkanes) is 1. The van der Waals surface area contributed by atoms with Crippen LogP contribution in [-0.2, 0) is 4.79 Å². The number of rotatable bonds is 8. The van der Waals surface area contributed by atoms with E-state index in [1.165, 1.54) is 0 Å². The number of amides is 1. The second-order valence-corrected chi connectivity index (χ2v) is 5.87. The summed E-state index contributed by atoms with van der Waals surface area (Å²) in [5.41, 5.74) is 2.73. The Bertz CT molecular complexity index is 680. The Morgan fingerprint density at radius 1 is 0.920 bits per heavy atom. The molecule has 0 aromatic heterocycles. The van der Waals surface area contributed by atoms with E-state index in [0.29, 0.717) is 5.57 Å². The van der Waals surface area contributed by atoms with E-state index >= 15 is 0 Å². The van der Waals surface area contributed by atoms with Crippen LogP contribution >= 0.6 is 0 Å². The van der Waals surface area contributed by atoms with Gasteiger partial charge in [0.15, 0.2) is 0 Å². The molecule has 2 nitrogen and oxygen atoms in total. The number of benzene rings is 2. The lowest BCUT2D eigenvalue weighted by atomic mass is 10.1. The Labute approximate surface area is 150 Å². The van der Waals surface area contributed by atoms with Crippen molar-refractivity contribution in [3.8, 4) is 0 Å². The summed E-state index contributed by atoms with van der Waals surface area (Å²) in [7, 11) is 0. The first-order valence-corrected chi connectivity index (χ1v) is 8.67. The Morgan fingerprint density at radius 2 is 1.40 bits per heavy atom. The highest BCUT2D eigenvalue weighted by atomic mass is 16.2. The molecule has 1 amide bonds. The van der Waals surface area contributed by atoms with Crippen molar-refractivity contribution >= 4 is 18.1 Å². The first-order chi connectivity index (χ1) is 12.2. The van der Waals surface area contributed by atoms with Crippen molar-refractivity contribution in [2.75, 3.05) is 0 Å². The molecule has 0 fully saturated rings. The quantitative estimate of drug-likeness (QED) is 0.551. The molecule has 0 saturated carbocycles. The topological polar surface area (TPSA) is 20.3 Å². The van der Waals surface area contributed by atoms with Crippen molar-refractivity contribution in [1.82, 2.24) is 4.90 Å². The average Bonchev–Trinajstić information content (AvgIpc) is 2.67. The third-order valence-corrected chi connectivity index (χ3v) is 3.82. The van der Waals surface area contributed by atoms with Gasteiger partial charge in [0.2, 0.25) is 0 Å². The molecule has 0 aliphatic rings. The van der Waals surface area contributed by atoms with Gasteiger partial charge in [0.05, 0.1) is 0 Å². The summed E-state index contributed by atoms with van der Waals surface area (Å²) in [5.74, 6) is -0.0622. The predicted octanol–water partition coefficient (Wildman–Crippen LogP) is 5.90. The van der Waals surface area contributed by atoms with Crippen LogP contribution in [0.5, 0.6) is 0 Å². The van der Waals surface area contributed by atoms with Crippen LogP contribution in [0.15, 0.2) is 85.2 Å². The summed E-state index contributed by atoms with van der Waals surface area (Å²) < 4.78 is 0. The van der Waals surface area contributed by atoms with Crippen LogP contribution < -0.4 is 0 Å². The molecule has 128 valence electrons. The minimum atomic E-state index is -0.0622. The number of nitrogens with zero attached hydrogens (tertiary/aromatic N) is 1. The minimum absolute atomic E-state index is 0.0622. The molecule has 0 bridgehead atoms. The van der Waals surface area contributed by atoms with Crippen molar-refractivity contribution < 1.29 is 4.79 Å². The molecule has 2 rings (SSSR count). The fraction of sp³-hybridized carbons (Fsp3) is 0.174. The van der Waals surface area contributed by atoms with Gasteiger partial charge < -0.3 is 0 Å². The first-order valence-electron chi connectivity index (χ1n) is 8.67. The standard InChI is InChI=1S/C23H25NO/c1-3-4-11-20(2)23(25)24(18-16-21-12-7-5-8-13-21)19-17-22-14-9-6-10-15-22/h5-10,12-19H,2-4,11H2,1H3. The van der Waals surface area contributed by atoms with Crippen LogP contribution in [0, 0.1) is 0 Å². The number of hydrogen-bond acceptors (Lipinski definition) is 1. The smallest absolute Gasteiger partial charge is 0.257 e. The fourth-order valence-corrected chi connectivity index (χ4v) is 2.33. The predicted molar refractivity (Wildman–Crippen MR) is 106 cm³/mol. The van der Waals surface area contributed by atoms with E-state index in [1.54, 1.807) is 17.3 Å². The lowest BCUT2D eigenvalue weighted by Crippen LogP contribution is -2.21. The van der Waals surface area contributed by atoms with Crippen LogP contribution in [0.25, 0.3) is 12.2 Å². The molecular formula is C23H25NO. The lowest BCUT2D eigenvalue weighted by molar-refractivity contribution is -0.122. The maximum Gasteiger partial charge on any atom is 0.257 e. The SMILES string of the molecule is C=C(CCCC)C(=O)N(C=Cc1ccccc1)C=Cc1ccccc1. The summed E-state index contributed by atoms with van der Waals surface area (Å²) in [6.07, 6.45) is 10.2. The van der Waals surface area contributed by atoms with Crippen LogP contribution in [-0.4, -0.2) is 10.8 Å². The van der Waals surface area contributed by atoms with Crippen LogP contribution in [0.3, 0.4) is 0 Å². The average molecular weight is 331 g/mol. The van der Waals surface area contributed by atoms with Gasteiger partial charge in [-0.05, 0) is 36.1 Å². The Balaban J connectivity index is 2.18. The largest absolute Gasteiger partial charge is 0.291 e. The molecule has 2 heteroatoms. The second kappa shape index (κ2) is 10.1. The van der Waals surface area contributed by atoms with Crippen LogP contribution in [0.4, 0.5) is 0 Å². The highest BCUT2D eigenvalue weighted by Crippen LogP contribution is 2.13. The van der Waals surface area contributed by atoms with Gasteiger partial charge >= 0.3 is 0 Å². The summed E-state index contributed by atoms with van der Waals surface area (Å²) in [6.45, 7) is 6.08. The van der Waals surface area contributed by atoms with Gasteiger partial charge in [-0.25, -0.2) is 0 Å². The third-order valence-electron chi connectivity index (χ3n) is 3.82. The zero-order chi connectivity index (χ0) is 17.9. The number of carbonyl (C=O) groups excluding carboxylic acids is 1. The normalized spacial score (nSPS) is 11.1. The molecule has 0 radical (unpaired) electrons. The monoisotopic (exact) mass is 331 g/mol. The molecule has 0 spiro atoms. The van der Waals surface area contributed by atoms with E-state index in [2.05, 4.69) is 13.5 Å². The van der Waals surface area contributed by atoms with E-state index in [0.717, 1.165) is 30.4 Å². The van der Waals surface area contributed by atoms with Gasteiger partial charge in [0, 0.05) is 18.0 Å². The molecule has 0 aliphatic heterocycles. The molecule has 0 saturated heterocycles. The van der Waals surface area contributed by atoms with Gasteiger partial charge in [-0.3, -0.25) is 9.69 Å². The fourth-order valence-electron chi connectivity index (χ4n) is 2.33. The zero-order valence-electron chi connectivity index (χ0n) is 14.8. The van der Waals surface area contributed by atoms with Gasteiger partial charge in [0.1, 0.15) is 0 Å². The van der Waals surface area contributed by atoms with E-state index in [4.69, 9.17) is 0 Å². The zero-order valence-corrected chi connectivity index (χ0v) is 14.8.